The number of ether oxygens (including phenoxy) is 2. The molecule has 1 fully saturated rings. The molecular weight excluding hydrogens is 419 g/mol. The number of rotatable bonds is 5. The van der Waals surface area contributed by atoms with Crippen molar-refractivity contribution in [2.45, 2.75) is 18.6 Å². The third-order valence-corrected chi connectivity index (χ3v) is 5.74. The number of H-pyrrole nitrogens is 1. The van der Waals surface area contributed by atoms with Gasteiger partial charge in [0.2, 0.25) is 0 Å². The number of imidazole rings is 1. The topological polar surface area (TPSA) is 67.4 Å². The molecule has 2 heterocycles. The van der Waals surface area contributed by atoms with Crippen LogP contribution < -0.4 is 4.74 Å². The minimum absolute atomic E-state index is 0.0169. The van der Waals surface area contributed by atoms with Gasteiger partial charge in [0.05, 0.1) is 35.4 Å². The van der Waals surface area contributed by atoms with E-state index < -0.39 is 0 Å². The predicted molar refractivity (Wildman–Crippen MR) is 118 cm³/mol. The molecule has 7 heteroatoms. The zero-order valence-electron chi connectivity index (χ0n) is 16.5. The molecule has 1 saturated heterocycles. The number of hydrogen-bond acceptors (Lipinski definition) is 4. The van der Waals surface area contributed by atoms with Crippen molar-refractivity contribution in [3.8, 4) is 28.3 Å². The fraction of sp³-hybridized carbons (Fsp3) is 0.208. The molecule has 5 nitrogen and oxygen atoms in total. The Labute approximate surface area is 183 Å². The van der Waals surface area contributed by atoms with Crippen molar-refractivity contribution in [3.05, 3.63) is 71.5 Å². The summed E-state index contributed by atoms with van der Waals surface area (Å²) in [4.78, 5) is 7.67. The summed E-state index contributed by atoms with van der Waals surface area (Å²) in [6.07, 6.45) is 0.283. The monoisotopic (exact) mass is 438 g/mol. The van der Waals surface area contributed by atoms with Gasteiger partial charge in [0.1, 0.15) is 11.9 Å². The Kier molecular flexibility index (Phi) is 5.36. The molecule has 1 aliphatic rings. The van der Waals surface area contributed by atoms with Gasteiger partial charge in [0, 0.05) is 12.0 Å². The maximum atomic E-state index is 13.5. The quantitative estimate of drug-likeness (QED) is 0.448. The van der Waals surface area contributed by atoms with Gasteiger partial charge < -0.3 is 19.6 Å². The van der Waals surface area contributed by atoms with Gasteiger partial charge in [0.15, 0.2) is 0 Å². The number of aliphatic hydroxyl groups is 1. The third kappa shape index (κ3) is 4.14. The Balaban J connectivity index is 1.40. The Morgan fingerprint density at radius 3 is 2.65 bits per heavy atom. The first-order valence-corrected chi connectivity index (χ1v) is 10.4. The molecule has 0 amide bonds. The average Bonchev–Trinajstić information content (AvgIpc) is 3.39. The maximum absolute atomic E-state index is 13.5. The van der Waals surface area contributed by atoms with Gasteiger partial charge in [-0.05, 0) is 41.0 Å². The lowest BCUT2D eigenvalue weighted by Gasteiger charge is -2.08. The molecule has 5 rings (SSSR count). The Hall–Kier alpha value is -2.93. The van der Waals surface area contributed by atoms with E-state index in [1.54, 1.807) is 6.07 Å². The summed E-state index contributed by atoms with van der Waals surface area (Å²) in [6, 6.07) is 18.5. The van der Waals surface area contributed by atoms with Crippen LogP contribution in [0.3, 0.4) is 0 Å². The molecule has 2 N–H and O–H groups in total. The molecule has 2 unspecified atom stereocenters. The normalized spacial score (nSPS) is 18.5. The maximum Gasteiger partial charge on any atom is 0.294 e. The van der Waals surface area contributed by atoms with E-state index in [0.717, 1.165) is 33.3 Å². The molecule has 4 aromatic rings. The zero-order chi connectivity index (χ0) is 21.4. The van der Waals surface area contributed by atoms with E-state index in [4.69, 9.17) is 21.1 Å². The summed E-state index contributed by atoms with van der Waals surface area (Å²) >= 11 is 6.55. The van der Waals surface area contributed by atoms with Gasteiger partial charge in [-0.25, -0.2) is 4.39 Å². The van der Waals surface area contributed by atoms with Crippen LogP contribution in [0, 0.1) is 5.82 Å². The lowest BCUT2D eigenvalue weighted by Crippen LogP contribution is -2.17. The molecule has 0 bridgehead atoms. The second-order valence-corrected chi connectivity index (χ2v) is 8.00. The van der Waals surface area contributed by atoms with E-state index in [2.05, 4.69) is 9.97 Å². The zero-order valence-corrected chi connectivity index (χ0v) is 17.3. The molecule has 3 aromatic carbocycles. The Bertz CT molecular complexity index is 1230. The van der Waals surface area contributed by atoms with Crippen LogP contribution in [-0.2, 0) is 4.74 Å². The summed E-state index contributed by atoms with van der Waals surface area (Å²) < 4.78 is 24.8. The first-order chi connectivity index (χ1) is 15.1. The highest BCUT2D eigenvalue weighted by Crippen LogP contribution is 2.34. The molecule has 1 aromatic heterocycles. The van der Waals surface area contributed by atoms with E-state index in [0.29, 0.717) is 24.1 Å². The van der Waals surface area contributed by atoms with Gasteiger partial charge in [-0.2, -0.15) is 4.98 Å². The molecule has 31 heavy (non-hydrogen) atoms. The van der Waals surface area contributed by atoms with Crippen LogP contribution in [0.15, 0.2) is 60.7 Å². The van der Waals surface area contributed by atoms with Crippen LogP contribution in [0.2, 0.25) is 5.02 Å². The number of nitrogens with zero attached hydrogens (tertiary/aromatic N) is 1. The van der Waals surface area contributed by atoms with E-state index in [1.165, 1.54) is 12.1 Å². The minimum Gasteiger partial charge on any atom is -0.459 e. The fourth-order valence-corrected chi connectivity index (χ4v) is 4.11. The van der Waals surface area contributed by atoms with Crippen LogP contribution >= 0.6 is 11.6 Å². The van der Waals surface area contributed by atoms with Crippen molar-refractivity contribution in [1.82, 2.24) is 9.97 Å². The summed E-state index contributed by atoms with van der Waals surface area (Å²) in [6.45, 7) is 0.406. The molecule has 158 valence electrons. The molecule has 0 aliphatic carbocycles. The molecule has 0 spiro atoms. The van der Waals surface area contributed by atoms with Gasteiger partial charge in [0.25, 0.3) is 6.01 Å². The smallest absolute Gasteiger partial charge is 0.294 e. The number of halogens is 2. The number of benzene rings is 3. The number of hydrogen-bond donors (Lipinski definition) is 2. The van der Waals surface area contributed by atoms with Crippen molar-refractivity contribution < 1.29 is 19.0 Å². The molecule has 0 radical (unpaired) electrons. The largest absolute Gasteiger partial charge is 0.459 e. The van der Waals surface area contributed by atoms with E-state index in [-0.39, 0.29) is 24.6 Å². The summed E-state index contributed by atoms with van der Waals surface area (Å²) in [5.41, 5.74) is 5.05. The first-order valence-electron chi connectivity index (χ1n) is 10.0. The lowest BCUT2D eigenvalue weighted by atomic mass is 10.00. The van der Waals surface area contributed by atoms with Crippen molar-refractivity contribution >= 4 is 22.6 Å². The Morgan fingerprint density at radius 1 is 1.10 bits per heavy atom. The number of aliphatic hydroxyl groups excluding tert-OH is 1. The first kappa shape index (κ1) is 20.0. The highest BCUT2D eigenvalue weighted by molar-refractivity contribution is 6.34. The lowest BCUT2D eigenvalue weighted by molar-refractivity contribution is 0.0528. The number of fused-ring (bicyclic) bond motifs is 1. The summed E-state index contributed by atoms with van der Waals surface area (Å²) in [5, 5.41) is 9.78. The van der Waals surface area contributed by atoms with Gasteiger partial charge >= 0.3 is 0 Å². The van der Waals surface area contributed by atoms with Gasteiger partial charge in [-0.1, -0.05) is 48.0 Å². The van der Waals surface area contributed by atoms with Crippen LogP contribution in [0.5, 0.6) is 6.01 Å². The fourth-order valence-electron chi connectivity index (χ4n) is 3.83. The van der Waals surface area contributed by atoms with Crippen LogP contribution in [0.4, 0.5) is 4.39 Å². The van der Waals surface area contributed by atoms with E-state index in [9.17, 15) is 9.50 Å². The Morgan fingerprint density at radius 2 is 1.90 bits per heavy atom. The van der Waals surface area contributed by atoms with Crippen molar-refractivity contribution in [3.63, 3.8) is 0 Å². The van der Waals surface area contributed by atoms with Crippen molar-refractivity contribution in [2.24, 2.45) is 0 Å². The average molecular weight is 439 g/mol. The summed E-state index contributed by atoms with van der Waals surface area (Å²) in [5.74, 6) is -0.261. The van der Waals surface area contributed by atoms with Gasteiger partial charge in [-0.15, -0.1) is 0 Å². The number of nitrogens with one attached hydrogen (secondary N) is 1. The molecule has 0 saturated carbocycles. The SMILES string of the molecule is OCC1CC(Oc2nc3cc(-c4ccc(-c5cccc(F)c5)cc4)c(Cl)cc3[nH]2)CO1. The van der Waals surface area contributed by atoms with E-state index >= 15 is 0 Å². The van der Waals surface area contributed by atoms with Gasteiger partial charge in [-0.3, -0.25) is 0 Å². The van der Waals surface area contributed by atoms with E-state index in [1.807, 2.05) is 42.5 Å². The van der Waals surface area contributed by atoms with Crippen LogP contribution in [0.1, 0.15) is 6.42 Å². The van der Waals surface area contributed by atoms with Crippen molar-refractivity contribution in [2.75, 3.05) is 13.2 Å². The molecule has 2 atom stereocenters. The second kappa shape index (κ2) is 8.30. The van der Waals surface area contributed by atoms with Crippen molar-refractivity contribution in [1.29, 1.82) is 0 Å². The highest BCUT2D eigenvalue weighted by Gasteiger charge is 2.27. The highest BCUT2D eigenvalue weighted by atomic mass is 35.5. The van der Waals surface area contributed by atoms with Crippen LogP contribution in [-0.4, -0.2) is 40.5 Å². The van der Waals surface area contributed by atoms with Crippen LogP contribution in [0.25, 0.3) is 33.3 Å². The molecular formula is C24H20ClFN2O3. The predicted octanol–water partition coefficient (Wildman–Crippen LogP) is 5.22. The summed E-state index contributed by atoms with van der Waals surface area (Å²) in [7, 11) is 0. The minimum atomic E-state index is -0.261. The number of aromatic amines is 1. The standard InChI is InChI=1S/C24H20ClFN2O3/c25-21-11-23-22(27-24(28-23)31-19-9-18(12-29)30-13-19)10-20(21)15-6-4-14(5-7-15)16-2-1-3-17(26)8-16/h1-8,10-11,18-19,29H,9,12-13H2,(H,27,28). The number of aromatic nitrogens is 2. The molecule has 1 aliphatic heterocycles. The third-order valence-electron chi connectivity index (χ3n) is 5.43. The second-order valence-electron chi connectivity index (χ2n) is 7.59.